The van der Waals surface area contributed by atoms with E-state index in [1.165, 1.54) is 0 Å². The van der Waals surface area contributed by atoms with Gasteiger partial charge in [-0.3, -0.25) is 0 Å². The highest BCUT2D eigenvalue weighted by Crippen LogP contribution is 2.23. The highest BCUT2D eigenvalue weighted by molar-refractivity contribution is 5.41. The van der Waals surface area contributed by atoms with E-state index in [2.05, 4.69) is 20.1 Å². The van der Waals surface area contributed by atoms with Crippen molar-refractivity contribution in [2.24, 2.45) is 5.73 Å². The first-order chi connectivity index (χ1) is 10.3. The van der Waals surface area contributed by atoms with Gasteiger partial charge in [0.2, 0.25) is 17.5 Å². The van der Waals surface area contributed by atoms with E-state index < -0.39 is 0 Å². The molecule has 3 rings (SSSR count). The Morgan fingerprint density at radius 2 is 1.81 bits per heavy atom. The van der Waals surface area contributed by atoms with E-state index >= 15 is 0 Å². The molecule has 21 heavy (non-hydrogen) atoms. The fourth-order valence-electron chi connectivity index (χ4n) is 2.04. The molecule has 0 aliphatic rings. The van der Waals surface area contributed by atoms with E-state index in [9.17, 15) is 0 Å². The second-order valence-corrected chi connectivity index (χ2v) is 4.74. The highest BCUT2D eigenvalue weighted by Gasteiger charge is 2.20. The summed E-state index contributed by atoms with van der Waals surface area (Å²) in [5.74, 6) is 1.17. The molecule has 0 bridgehead atoms. The Kier molecular flexibility index (Phi) is 3.70. The van der Waals surface area contributed by atoms with Crippen molar-refractivity contribution in [1.29, 1.82) is 0 Å². The maximum Gasteiger partial charge on any atom is 0.240 e. The van der Waals surface area contributed by atoms with Crippen LogP contribution < -0.4 is 5.73 Å². The summed E-state index contributed by atoms with van der Waals surface area (Å²) in [5, 5.41) is 3.94. The molecule has 0 aliphatic carbocycles. The van der Waals surface area contributed by atoms with Crippen molar-refractivity contribution in [1.82, 2.24) is 20.1 Å². The third-order valence-corrected chi connectivity index (χ3v) is 3.16. The lowest BCUT2D eigenvalue weighted by Gasteiger charge is -2.09. The van der Waals surface area contributed by atoms with Crippen molar-refractivity contribution in [2.45, 2.75) is 12.8 Å². The van der Waals surface area contributed by atoms with E-state index in [1.807, 2.05) is 37.3 Å². The van der Waals surface area contributed by atoms with E-state index in [4.69, 9.17) is 10.3 Å². The van der Waals surface area contributed by atoms with Gasteiger partial charge in [-0.2, -0.15) is 4.98 Å². The standard InChI is InChI=1S/C15H15N5O/c1-10-8-17-13(18-9-10)14-19-15(21-20-14)12(7-16)11-5-3-2-4-6-11/h2-6,8-9,12H,7,16H2,1H3. The molecule has 0 saturated carbocycles. The fraction of sp³-hybridized carbons (Fsp3) is 0.200. The van der Waals surface area contributed by atoms with E-state index in [0.29, 0.717) is 24.1 Å². The Hall–Kier alpha value is -2.60. The minimum atomic E-state index is -0.127. The summed E-state index contributed by atoms with van der Waals surface area (Å²) in [4.78, 5) is 12.8. The molecule has 106 valence electrons. The first-order valence-corrected chi connectivity index (χ1v) is 6.65. The number of nitrogens with two attached hydrogens (primary N) is 1. The zero-order chi connectivity index (χ0) is 14.7. The minimum absolute atomic E-state index is 0.127. The predicted octanol–water partition coefficient (Wildman–Crippen LogP) is 1.93. The van der Waals surface area contributed by atoms with Crippen molar-refractivity contribution < 1.29 is 4.52 Å². The molecular weight excluding hydrogens is 266 g/mol. The molecule has 2 aromatic heterocycles. The number of hydrogen-bond donors (Lipinski definition) is 1. The Morgan fingerprint density at radius 3 is 2.48 bits per heavy atom. The van der Waals surface area contributed by atoms with Crippen LogP contribution in [0.25, 0.3) is 11.6 Å². The Labute approximate surface area is 122 Å². The van der Waals surface area contributed by atoms with Crippen LogP contribution in [0.3, 0.4) is 0 Å². The maximum atomic E-state index is 5.85. The third-order valence-electron chi connectivity index (χ3n) is 3.16. The van der Waals surface area contributed by atoms with Crippen LogP contribution in [0, 0.1) is 6.92 Å². The number of hydrogen-bond acceptors (Lipinski definition) is 6. The number of aromatic nitrogens is 4. The second-order valence-electron chi connectivity index (χ2n) is 4.74. The molecule has 6 nitrogen and oxygen atoms in total. The Bertz CT molecular complexity index is 708. The Balaban J connectivity index is 1.92. The lowest BCUT2D eigenvalue weighted by atomic mass is 9.99. The minimum Gasteiger partial charge on any atom is -0.338 e. The van der Waals surface area contributed by atoms with E-state index in [0.717, 1.165) is 11.1 Å². The van der Waals surface area contributed by atoms with Crippen LogP contribution in [-0.4, -0.2) is 26.7 Å². The van der Waals surface area contributed by atoms with Crippen molar-refractivity contribution in [3.8, 4) is 11.6 Å². The molecule has 2 heterocycles. The van der Waals surface area contributed by atoms with Gasteiger partial charge in [0.1, 0.15) is 0 Å². The number of nitrogens with zero attached hydrogens (tertiary/aromatic N) is 4. The SMILES string of the molecule is Cc1cnc(-c2noc(C(CN)c3ccccc3)n2)nc1. The van der Waals surface area contributed by atoms with Crippen LogP contribution in [0.1, 0.15) is 22.9 Å². The van der Waals surface area contributed by atoms with Gasteiger partial charge in [0, 0.05) is 18.9 Å². The van der Waals surface area contributed by atoms with Gasteiger partial charge in [-0.05, 0) is 18.1 Å². The topological polar surface area (TPSA) is 90.7 Å². The molecule has 0 aliphatic heterocycles. The molecule has 1 unspecified atom stereocenters. The van der Waals surface area contributed by atoms with Gasteiger partial charge in [-0.25, -0.2) is 9.97 Å². The molecule has 0 spiro atoms. The van der Waals surface area contributed by atoms with Gasteiger partial charge >= 0.3 is 0 Å². The molecule has 0 radical (unpaired) electrons. The summed E-state index contributed by atoms with van der Waals surface area (Å²) in [6.07, 6.45) is 3.44. The summed E-state index contributed by atoms with van der Waals surface area (Å²) < 4.78 is 5.34. The normalized spacial score (nSPS) is 12.3. The van der Waals surface area contributed by atoms with Gasteiger partial charge in [0.05, 0.1) is 5.92 Å². The van der Waals surface area contributed by atoms with Gasteiger partial charge in [-0.1, -0.05) is 35.5 Å². The smallest absolute Gasteiger partial charge is 0.240 e. The van der Waals surface area contributed by atoms with Crippen LogP contribution in [0.5, 0.6) is 0 Å². The van der Waals surface area contributed by atoms with Crippen LogP contribution in [-0.2, 0) is 0 Å². The molecule has 1 aromatic carbocycles. The molecule has 0 amide bonds. The quantitative estimate of drug-likeness (QED) is 0.785. The van der Waals surface area contributed by atoms with Crippen molar-refractivity contribution >= 4 is 0 Å². The van der Waals surface area contributed by atoms with Crippen molar-refractivity contribution in [2.75, 3.05) is 6.54 Å². The summed E-state index contributed by atoms with van der Waals surface area (Å²) in [5.41, 5.74) is 7.87. The van der Waals surface area contributed by atoms with Crippen LogP contribution in [0.4, 0.5) is 0 Å². The first kappa shape index (κ1) is 13.4. The zero-order valence-corrected chi connectivity index (χ0v) is 11.6. The third kappa shape index (κ3) is 2.80. The number of rotatable bonds is 4. The van der Waals surface area contributed by atoms with Crippen LogP contribution in [0.2, 0.25) is 0 Å². The molecule has 3 aromatic rings. The van der Waals surface area contributed by atoms with Gasteiger partial charge in [0.25, 0.3) is 0 Å². The fourth-order valence-corrected chi connectivity index (χ4v) is 2.04. The largest absolute Gasteiger partial charge is 0.338 e. The average Bonchev–Trinajstić information content (AvgIpc) is 2.99. The molecule has 1 atom stereocenters. The summed E-state index contributed by atoms with van der Waals surface area (Å²) in [7, 11) is 0. The van der Waals surface area contributed by atoms with Gasteiger partial charge in [-0.15, -0.1) is 0 Å². The molecule has 0 saturated heterocycles. The molecule has 2 N–H and O–H groups in total. The first-order valence-electron chi connectivity index (χ1n) is 6.65. The summed E-state index contributed by atoms with van der Waals surface area (Å²) in [6.45, 7) is 2.31. The number of aryl methyl sites for hydroxylation is 1. The number of benzene rings is 1. The summed E-state index contributed by atoms with van der Waals surface area (Å²) in [6, 6.07) is 9.85. The Morgan fingerprint density at radius 1 is 1.10 bits per heavy atom. The van der Waals surface area contributed by atoms with Gasteiger partial charge < -0.3 is 10.3 Å². The van der Waals surface area contributed by atoms with E-state index in [1.54, 1.807) is 12.4 Å². The lowest BCUT2D eigenvalue weighted by molar-refractivity contribution is 0.367. The maximum absolute atomic E-state index is 5.85. The predicted molar refractivity (Wildman–Crippen MR) is 77.4 cm³/mol. The second kappa shape index (κ2) is 5.80. The molecule has 0 fully saturated rings. The zero-order valence-electron chi connectivity index (χ0n) is 11.6. The summed E-state index contributed by atoms with van der Waals surface area (Å²) >= 11 is 0. The highest BCUT2D eigenvalue weighted by atomic mass is 16.5. The van der Waals surface area contributed by atoms with Crippen molar-refractivity contribution in [3.63, 3.8) is 0 Å². The molecular formula is C15H15N5O. The van der Waals surface area contributed by atoms with E-state index in [-0.39, 0.29) is 5.92 Å². The van der Waals surface area contributed by atoms with Crippen molar-refractivity contribution in [3.05, 3.63) is 59.7 Å². The average molecular weight is 281 g/mol. The molecule has 6 heteroatoms. The van der Waals surface area contributed by atoms with Gasteiger partial charge in [0.15, 0.2) is 0 Å². The monoisotopic (exact) mass is 281 g/mol. The lowest BCUT2D eigenvalue weighted by Crippen LogP contribution is -2.14. The van der Waals surface area contributed by atoms with Crippen LogP contribution >= 0.6 is 0 Å². The van der Waals surface area contributed by atoms with Crippen LogP contribution in [0.15, 0.2) is 47.2 Å².